The van der Waals surface area contributed by atoms with Crippen LogP contribution in [0, 0.1) is 0 Å². The van der Waals surface area contributed by atoms with Gasteiger partial charge in [0.25, 0.3) is 0 Å². The summed E-state index contributed by atoms with van der Waals surface area (Å²) in [5.74, 6) is -0.674. The van der Waals surface area contributed by atoms with Gasteiger partial charge in [0.15, 0.2) is 5.82 Å². The van der Waals surface area contributed by atoms with Crippen LogP contribution in [-0.4, -0.2) is 70.6 Å². The fraction of sp³-hybridized carbons (Fsp3) is 0.381. The largest absolute Gasteiger partial charge is 0.465 e. The fourth-order valence-corrected chi connectivity index (χ4v) is 4.49. The predicted octanol–water partition coefficient (Wildman–Crippen LogP) is 2.52. The Balaban J connectivity index is 1.70. The first kappa shape index (κ1) is 25.4. The highest BCUT2D eigenvalue weighted by Crippen LogP contribution is 2.38. The minimum Gasteiger partial charge on any atom is -0.465 e. The van der Waals surface area contributed by atoms with Gasteiger partial charge in [-0.05, 0) is 31.9 Å². The Morgan fingerprint density at radius 3 is 2.53 bits per heavy atom. The quantitative estimate of drug-likeness (QED) is 0.447. The van der Waals surface area contributed by atoms with Gasteiger partial charge in [0.05, 0.1) is 16.9 Å². The number of aromatic nitrogens is 2. The average molecular weight is 508 g/mol. The number of halogens is 1. The van der Waals surface area contributed by atoms with E-state index in [0.717, 1.165) is 0 Å². The molecule has 0 unspecified atom stereocenters. The molecule has 0 radical (unpaired) electrons. The second kappa shape index (κ2) is 10.3. The third-order valence-electron chi connectivity index (χ3n) is 5.37. The summed E-state index contributed by atoms with van der Waals surface area (Å²) in [7, 11) is 2.97. The zero-order valence-electron chi connectivity index (χ0n) is 19.0. The third-order valence-corrected chi connectivity index (χ3v) is 6.96. The molecule has 1 aliphatic heterocycles. The van der Waals surface area contributed by atoms with Crippen LogP contribution >= 0.6 is 23.4 Å². The Morgan fingerprint density at radius 2 is 1.94 bits per heavy atom. The molecule has 0 atom stereocenters. The van der Waals surface area contributed by atoms with Gasteiger partial charge in [-0.15, -0.1) is 0 Å². The van der Waals surface area contributed by atoms with Crippen LogP contribution in [0.15, 0.2) is 34.3 Å². The Kier molecular flexibility index (Phi) is 7.72. The number of hydrogen-bond donors (Lipinski definition) is 4. The van der Waals surface area contributed by atoms with E-state index in [9.17, 15) is 14.4 Å². The maximum Gasteiger partial charge on any atom is 0.405 e. The molecule has 182 valence electrons. The molecule has 1 aliphatic rings. The smallest absolute Gasteiger partial charge is 0.405 e. The summed E-state index contributed by atoms with van der Waals surface area (Å²) in [4.78, 5) is 47.5. The number of piperidine rings is 1. The van der Waals surface area contributed by atoms with Gasteiger partial charge in [0.1, 0.15) is 10.8 Å². The molecule has 2 aromatic rings. The normalized spacial score (nSPS) is 14.9. The summed E-state index contributed by atoms with van der Waals surface area (Å²) in [6, 6.07) is 5.03. The number of carbonyl (C=O) groups is 3. The molecule has 5 N–H and O–H groups in total. The Bertz CT molecular complexity index is 1110. The Labute approximate surface area is 206 Å². The van der Waals surface area contributed by atoms with Crippen LogP contribution in [0.3, 0.4) is 0 Å². The highest BCUT2D eigenvalue weighted by Gasteiger charge is 2.32. The molecule has 2 heterocycles. The zero-order chi connectivity index (χ0) is 25.0. The molecule has 3 rings (SSSR count). The minimum atomic E-state index is -1.03. The lowest BCUT2D eigenvalue weighted by Crippen LogP contribution is -2.53. The van der Waals surface area contributed by atoms with Gasteiger partial charge in [-0.3, -0.25) is 9.59 Å². The van der Waals surface area contributed by atoms with Gasteiger partial charge in [-0.25, -0.2) is 14.8 Å². The number of carboxylic acid groups (broad SMARTS) is 1. The van der Waals surface area contributed by atoms with E-state index in [1.54, 1.807) is 24.4 Å². The van der Waals surface area contributed by atoms with Crippen LogP contribution < -0.4 is 21.3 Å². The molecule has 3 amide bonds. The SMILES string of the molecule is CN(C)C(=O)C(=O)Nc1cccc(Sc2ncc(N3CCC(C)(NC(=O)O)CC3)nc2N)c1Cl. The molecular weight excluding hydrogens is 482 g/mol. The van der Waals surface area contributed by atoms with Crippen LogP contribution in [0.5, 0.6) is 0 Å². The molecule has 1 saturated heterocycles. The summed E-state index contributed by atoms with van der Waals surface area (Å²) in [6.07, 6.45) is 1.83. The van der Waals surface area contributed by atoms with Gasteiger partial charge in [-0.1, -0.05) is 29.4 Å². The van der Waals surface area contributed by atoms with E-state index >= 15 is 0 Å². The second-order valence-corrected chi connectivity index (χ2v) is 9.68. The van der Waals surface area contributed by atoms with E-state index in [2.05, 4.69) is 20.6 Å². The number of nitrogens with zero attached hydrogens (tertiary/aromatic N) is 4. The predicted molar refractivity (Wildman–Crippen MR) is 130 cm³/mol. The number of hydrogen-bond acceptors (Lipinski definition) is 8. The van der Waals surface area contributed by atoms with Gasteiger partial charge in [-0.2, -0.15) is 0 Å². The molecule has 34 heavy (non-hydrogen) atoms. The van der Waals surface area contributed by atoms with Crippen molar-refractivity contribution in [1.82, 2.24) is 20.2 Å². The molecule has 0 aliphatic carbocycles. The van der Waals surface area contributed by atoms with E-state index in [-0.39, 0.29) is 10.8 Å². The first-order valence-electron chi connectivity index (χ1n) is 10.4. The fourth-order valence-electron chi connectivity index (χ4n) is 3.40. The van der Waals surface area contributed by atoms with Crippen molar-refractivity contribution >= 4 is 58.6 Å². The summed E-state index contributed by atoms with van der Waals surface area (Å²) in [6.45, 7) is 3.10. The van der Waals surface area contributed by atoms with Crippen LogP contribution in [0.1, 0.15) is 19.8 Å². The highest BCUT2D eigenvalue weighted by atomic mass is 35.5. The number of carbonyl (C=O) groups excluding carboxylic acids is 2. The monoisotopic (exact) mass is 507 g/mol. The van der Waals surface area contributed by atoms with Crippen molar-refractivity contribution in [2.24, 2.45) is 0 Å². The lowest BCUT2D eigenvalue weighted by atomic mass is 9.90. The highest BCUT2D eigenvalue weighted by molar-refractivity contribution is 7.99. The first-order chi connectivity index (χ1) is 16.0. The van der Waals surface area contributed by atoms with Crippen molar-refractivity contribution in [3.63, 3.8) is 0 Å². The summed E-state index contributed by atoms with van der Waals surface area (Å²) in [5.41, 5.74) is 5.97. The number of likely N-dealkylation sites (N-methyl/N-ethyl adjacent to an activating group) is 1. The lowest BCUT2D eigenvalue weighted by molar-refractivity contribution is -0.141. The second-order valence-electron chi connectivity index (χ2n) is 8.27. The number of amides is 3. The first-order valence-corrected chi connectivity index (χ1v) is 11.6. The lowest BCUT2D eigenvalue weighted by Gasteiger charge is -2.39. The zero-order valence-corrected chi connectivity index (χ0v) is 20.5. The molecular formula is C21H26ClN7O4S. The molecule has 1 aromatic heterocycles. The summed E-state index contributed by atoms with van der Waals surface area (Å²) >= 11 is 7.64. The summed E-state index contributed by atoms with van der Waals surface area (Å²) < 4.78 is 0. The van der Waals surface area contributed by atoms with Crippen molar-refractivity contribution < 1.29 is 19.5 Å². The van der Waals surface area contributed by atoms with Gasteiger partial charge in [0.2, 0.25) is 0 Å². The standard InChI is InChI=1S/C21H26ClN7O4S/c1-21(27-20(32)33)7-9-29(10-8-21)14-11-24-18(16(23)26-14)34-13-6-4-5-12(15(13)22)25-17(30)19(31)28(2)3/h4-6,11,27H,7-10H2,1-3H3,(H2,23,26)(H,25,30)(H,32,33). The van der Waals surface area contributed by atoms with Crippen molar-refractivity contribution in [3.05, 3.63) is 29.4 Å². The number of rotatable bonds is 5. The van der Waals surface area contributed by atoms with E-state index < -0.39 is 23.4 Å². The Hall–Kier alpha value is -3.25. The number of nitrogens with two attached hydrogens (primary N) is 1. The van der Waals surface area contributed by atoms with E-state index in [0.29, 0.717) is 47.4 Å². The third kappa shape index (κ3) is 6.00. The molecule has 1 fully saturated rings. The molecule has 11 nitrogen and oxygen atoms in total. The number of benzene rings is 1. The van der Waals surface area contributed by atoms with Gasteiger partial charge >= 0.3 is 17.9 Å². The van der Waals surface area contributed by atoms with E-state index in [4.69, 9.17) is 22.4 Å². The van der Waals surface area contributed by atoms with Crippen molar-refractivity contribution in [2.75, 3.05) is 43.1 Å². The van der Waals surface area contributed by atoms with Gasteiger partial charge in [0, 0.05) is 37.6 Å². The van der Waals surface area contributed by atoms with Gasteiger partial charge < -0.3 is 31.3 Å². The molecule has 0 bridgehead atoms. The van der Waals surface area contributed by atoms with E-state index in [1.165, 1.54) is 30.8 Å². The average Bonchev–Trinajstić information content (AvgIpc) is 2.76. The Morgan fingerprint density at radius 1 is 1.26 bits per heavy atom. The van der Waals surface area contributed by atoms with Crippen LogP contribution in [0.4, 0.5) is 22.1 Å². The number of nitrogens with one attached hydrogen (secondary N) is 2. The maximum atomic E-state index is 12.1. The van der Waals surface area contributed by atoms with Crippen molar-refractivity contribution in [2.45, 2.75) is 35.2 Å². The molecule has 13 heteroatoms. The molecule has 1 aromatic carbocycles. The maximum absolute atomic E-state index is 12.1. The minimum absolute atomic E-state index is 0.216. The molecule has 0 spiro atoms. The molecule has 0 saturated carbocycles. The van der Waals surface area contributed by atoms with Crippen LogP contribution in [0.25, 0.3) is 0 Å². The van der Waals surface area contributed by atoms with Crippen LogP contribution in [-0.2, 0) is 9.59 Å². The van der Waals surface area contributed by atoms with Crippen LogP contribution in [0.2, 0.25) is 5.02 Å². The topological polar surface area (TPSA) is 154 Å². The number of nitrogen functional groups attached to an aromatic ring is 1. The van der Waals surface area contributed by atoms with Crippen molar-refractivity contribution in [1.29, 1.82) is 0 Å². The number of anilines is 3. The summed E-state index contributed by atoms with van der Waals surface area (Å²) in [5, 5.41) is 14.8. The van der Waals surface area contributed by atoms with Crippen molar-refractivity contribution in [3.8, 4) is 0 Å². The van der Waals surface area contributed by atoms with E-state index in [1.807, 2.05) is 11.8 Å².